The van der Waals surface area contributed by atoms with E-state index in [1.165, 1.54) is 57.8 Å². The van der Waals surface area contributed by atoms with Crippen LogP contribution >= 0.6 is 0 Å². The Morgan fingerprint density at radius 1 is 0.739 bits per heavy atom. The Kier molecular flexibility index (Phi) is 2.55. The van der Waals surface area contributed by atoms with Crippen LogP contribution in [0.5, 0.6) is 0 Å². The van der Waals surface area contributed by atoms with E-state index in [0.717, 1.165) is 25.7 Å². The van der Waals surface area contributed by atoms with Crippen molar-refractivity contribution in [3.63, 3.8) is 0 Å². The van der Waals surface area contributed by atoms with Crippen LogP contribution < -0.4 is 0 Å². The molecule has 3 spiro atoms. The standard InChI is InChI=1S/C20H30O3/c21-20-15-8-5-9-17(20)13-16-7-2-4-11-19(16,23-20)22-18(17)10-3-1-6-14(18)12-15/h14-16,21H,1-13H2/t14-,15+,16+,17-,18-,19+,20+/m1/s1. The third-order valence-electron chi connectivity index (χ3n) is 9.01. The first kappa shape index (κ1) is 14.1. The zero-order valence-electron chi connectivity index (χ0n) is 14.2. The fraction of sp³-hybridized carbons (Fsp3) is 1.00. The zero-order valence-corrected chi connectivity index (χ0v) is 14.2. The van der Waals surface area contributed by atoms with Gasteiger partial charge in [0.2, 0.25) is 0 Å². The van der Waals surface area contributed by atoms with E-state index in [2.05, 4.69) is 0 Å². The van der Waals surface area contributed by atoms with E-state index in [1.807, 2.05) is 0 Å². The molecule has 7 atom stereocenters. The minimum Gasteiger partial charge on any atom is -0.365 e. The summed E-state index contributed by atoms with van der Waals surface area (Å²) in [6.45, 7) is 0. The molecule has 0 unspecified atom stereocenters. The molecule has 0 amide bonds. The highest BCUT2D eigenvalue weighted by molar-refractivity contribution is 5.25. The molecular weight excluding hydrogens is 288 g/mol. The summed E-state index contributed by atoms with van der Waals surface area (Å²) in [4.78, 5) is 0. The van der Waals surface area contributed by atoms with Crippen molar-refractivity contribution in [1.82, 2.24) is 0 Å². The van der Waals surface area contributed by atoms with Crippen LogP contribution in [0.2, 0.25) is 0 Å². The van der Waals surface area contributed by atoms with Gasteiger partial charge in [0.05, 0.1) is 11.0 Å². The van der Waals surface area contributed by atoms with Crippen LogP contribution in [0.15, 0.2) is 0 Å². The molecule has 4 saturated carbocycles. The molecule has 0 radical (unpaired) electrons. The first-order valence-electron chi connectivity index (χ1n) is 10.3. The van der Waals surface area contributed by atoms with Crippen molar-refractivity contribution in [2.45, 2.75) is 101 Å². The van der Waals surface area contributed by atoms with Crippen molar-refractivity contribution in [3.8, 4) is 0 Å². The molecule has 0 aromatic carbocycles. The predicted octanol–water partition coefficient (Wildman–Crippen LogP) is 4.13. The summed E-state index contributed by atoms with van der Waals surface area (Å²) in [6.07, 6.45) is 15.7. The van der Waals surface area contributed by atoms with Crippen molar-refractivity contribution < 1.29 is 14.6 Å². The van der Waals surface area contributed by atoms with E-state index < -0.39 is 11.6 Å². The minimum atomic E-state index is -0.884. The monoisotopic (exact) mass is 318 g/mol. The fourth-order valence-corrected chi connectivity index (χ4v) is 8.27. The number of hydrogen-bond acceptors (Lipinski definition) is 3. The highest BCUT2D eigenvalue weighted by atomic mass is 16.8. The topological polar surface area (TPSA) is 38.7 Å². The first-order valence-corrected chi connectivity index (χ1v) is 10.3. The van der Waals surface area contributed by atoms with Gasteiger partial charge in [-0.1, -0.05) is 25.7 Å². The molecule has 5 bridgehead atoms. The maximum Gasteiger partial charge on any atom is 0.180 e. The lowest BCUT2D eigenvalue weighted by Gasteiger charge is -2.79. The zero-order chi connectivity index (χ0) is 15.3. The van der Waals surface area contributed by atoms with E-state index in [9.17, 15) is 5.11 Å². The van der Waals surface area contributed by atoms with E-state index in [0.29, 0.717) is 17.8 Å². The van der Waals surface area contributed by atoms with E-state index >= 15 is 0 Å². The largest absolute Gasteiger partial charge is 0.365 e. The second kappa shape index (κ2) is 4.16. The van der Waals surface area contributed by atoms with Gasteiger partial charge in [-0.3, -0.25) is 0 Å². The Balaban J connectivity index is 1.58. The van der Waals surface area contributed by atoms with Crippen molar-refractivity contribution in [2.75, 3.05) is 0 Å². The maximum atomic E-state index is 11.9. The molecule has 3 nitrogen and oxygen atoms in total. The molecule has 128 valence electrons. The fourth-order valence-electron chi connectivity index (χ4n) is 8.27. The Bertz CT molecular complexity index is 549. The number of aliphatic hydroxyl groups is 1. The second-order valence-corrected chi connectivity index (χ2v) is 9.60. The van der Waals surface area contributed by atoms with Gasteiger partial charge >= 0.3 is 0 Å². The van der Waals surface area contributed by atoms with Crippen LogP contribution in [0.1, 0.15) is 83.5 Å². The molecule has 3 aliphatic heterocycles. The summed E-state index contributed by atoms with van der Waals surface area (Å²) in [5.74, 6) is 0.231. The van der Waals surface area contributed by atoms with Gasteiger partial charge in [-0.2, -0.15) is 0 Å². The molecule has 0 aromatic rings. The molecule has 7 fully saturated rings. The molecule has 3 heteroatoms. The number of hydrogen-bond donors (Lipinski definition) is 1. The normalized spacial score (nSPS) is 63.3. The van der Waals surface area contributed by atoms with Gasteiger partial charge in [-0.25, -0.2) is 0 Å². The smallest absolute Gasteiger partial charge is 0.180 e. The Morgan fingerprint density at radius 3 is 2.43 bits per heavy atom. The Labute approximate surface area is 139 Å². The highest BCUT2D eigenvalue weighted by Gasteiger charge is 2.82. The van der Waals surface area contributed by atoms with Gasteiger partial charge in [0, 0.05) is 18.3 Å². The third kappa shape index (κ3) is 1.36. The van der Waals surface area contributed by atoms with Crippen LogP contribution in [0.4, 0.5) is 0 Å². The average Bonchev–Trinajstić information content (AvgIpc) is 2.52. The molecule has 1 N–H and O–H groups in total. The van der Waals surface area contributed by atoms with Gasteiger partial charge in [0.25, 0.3) is 0 Å². The Hall–Kier alpha value is -0.120. The summed E-state index contributed by atoms with van der Waals surface area (Å²) < 4.78 is 13.8. The van der Waals surface area contributed by atoms with Crippen molar-refractivity contribution in [2.24, 2.45) is 23.2 Å². The molecule has 4 aliphatic carbocycles. The highest BCUT2D eigenvalue weighted by Crippen LogP contribution is 2.77. The lowest BCUT2D eigenvalue weighted by Crippen LogP contribution is -2.85. The molecule has 3 heterocycles. The van der Waals surface area contributed by atoms with Gasteiger partial charge in [-0.15, -0.1) is 0 Å². The molecule has 7 rings (SSSR count). The summed E-state index contributed by atoms with van der Waals surface area (Å²) in [6, 6.07) is 0. The van der Waals surface area contributed by atoms with Crippen LogP contribution in [0, 0.1) is 23.2 Å². The summed E-state index contributed by atoms with van der Waals surface area (Å²) >= 11 is 0. The van der Waals surface area contributed by atoms with Crippen LogP contribution in [0.25, 0.3) is 0 Å². The lowest BCUT2D eigenvalue weighted by atomic mass is 9.40. The van der Waals surface area contributed by atoms with Gasteiger partial charge < -0.3 is 14.6 Å². The van der Waals surface area contributed by atoms with Crippen LogP contribution in [0.3, 0.4) is 0 Å². The average molecular weight is 318 g/mol. The Morgan fingerprint density at radius 2 is 1.52 bits per heavy atom. The van der Waals surface area contributed by atoms with E-state index in [4.69, 9.17) is 9.47 Å². The van der Waals surface area contributed by atoms with Crippen molar-refractivity contribution in [3.05, 3.63) is 0 Å². The number of rotatable bonds is 0. The summed E-state index contributed by atoms with van der Waals surface area (Å²) in [5.41, 5.74) is -0.168. The van der Waals surface area contributed by atoms with Crippen molar-refractivity contribution >= 4 is 0 Å². The van der Waals surface area contributed by atoms with Gasteiger partial charge in [-0.05, 0) is 57.3 Å². The molecular formula is C20H30O3. The van der Waals surface area contributed by atoms with Gasteiger partial charge in [0.1, 0.15) is 0 Å². The third-order valence-corrected chi connectivity index (χ3v) is 9.01. The molecule has 3 saturated heterocycles. The van der Waals surface area contributed by atoms with E-state index in [1.54, 1.807) is 0 Å². The predicted molar refractivity (Wildman–Crippen MR) is 85.5 cm³/mol. The molecule has 0 aromatic heterocycles. The summed E-state index contributed by atoms with van der Waals surface area (Å²) in [7, 11) is 0. The second-order valence-electron chi connectivity index (χ2n) is 9.60. The molecule has 7 aliphatic rings. The van der Waals surface area contributed by atoms with Gasteiger partial charge in [0.15, 0.2) is 11.6 Å². The minimum absolute atomic E-state index is 0.0665. The quantitative estimate of drug-likeness (QED) is 0.730. The first-order chi connectivity index (χ1) is 11.1. The van der Waals surface area contributed by atoms with E-state index in [-0.39, 0.29) is 11.0 Å². The summed E-state index contributed by atoms with van der Waals surface area (Å²) in [5, 5.41) is 11.9. The van der Waals surface area contributed by atoms with Crippen molar-refractivity contribution in [1.29, 1.82) is 0 Å². The number of ether oxygens (including phenoxy) is 2. The SMILES string of the molecule is O[C@@]12O[C@@]34CCCC[C@H]3C[C@@]13CCC[C@H]2C[C@H]1CCCC[C@@]13O4. The van der Waals surface area contributed by atoms with Crippen LogP contribution in [-0.2, 0) is 9.47 Å². The lowest BCUT2D eigenvalue weighted by molar-refractivity contribution is -0.565. The van der Waals surface area contributed by atoms with Crippen LogP contribution in [-0.4, -0.2) is 22.3 Å². The maximum absolute atomic E-state index is 11.9. The molecule has 23 heavy (non-hydrogen) atoms.